The largest absolute Gasteiger partial charge is 0.232 e. The maximum Gasteiger partial charge on any atom is 0.135 e. The van der Waals surface area contributed by atoms with E-state index in [9.17, 15) is 0 Å². The van der Waals surface area contributed by atoms with Crippen LogP contribution in [0, 0.1) is 0 Å². The van der Waals surface area contributed by atoms with E-state index in [4.69, 9.17) is 9.97 Å². The lowest BCUT2D eigenvalue weighted by Gasteiger charge is -2.27. The Bertz CT molecular complexity index is 2830. The van der Waals surface area contributed by atoms with Crippen molar-refractivity contribution in [2.45, 2.75) is 236 Å². The summed E-state index contributed by atoms with van der Waals surface area (Å²) >= 11 is 0. The molecule has 414 valence electrons. The predicted octanol–water partition coefficient (Wildman–Crippen LogP) is 22.2. The van der Waals surface area contributed by atoms with Gasteiger partial charge in [-0.15, -0.1) is 0 Å². The molecule has 1 aromatic heterocycles. The maximum absolute atomic E-state index is 5.60. The molecule has 0 aliphatic rings. The molecule has 0 saturated heterocycles. The Morgan fingerprint density at radius 3 is 0.474 bits per heavy atom. The Kier molecular flexibility index (Phi) is 15.5. The minimum absolute atomic E-state index is 0.0413. The standard InChI is InChI=1S/C76H100N2/c1-68(2,3)57-34-51(35-58(42-57)69(4,5)6)47-28-48(52-36-59(70(7,8)9)43-60(37-52)71(10,11)12)31-55(30-47)65-46-66(78-67(77-65)76(25,26)27)56-32-49(53-38-61(72(13,14)15)44-62(39-53)73(16,17)18)29-50(33-56)54-40-63(74(19,20)21)45-64(41-54)75(22,23)24/h28-46H,1-27H3. The van der Waals surface area contributed by atoms with Crippen LogP contribution in [0.5, 0.6) is 0 Å². The fourth-order valence-electron chi connectivity index (χ4n) is 9.94. The monoisotopic (exact) mass is 1040 g/mol. The predicted molar refractivity (Wildman–Crippen MR) is 343 cm³/mol. The number of hydrogen-bond donors (Lipinski definition) is 0. The molecular formula is C76H100N2. The van der Waals surface area contributed by atoms with Gasteiger partial charge in [0.25, 0.3) is 0 Å². The first-order chi connectivity index (χ1) is 35.2. The molecule has 1 heterocycles. The van der Waals surface area contributed by atoms with Gasteiger partial charge >= 0.3 is 0 Å². The lowest BCUT2D eigenvalue weighted by Crippen LogP contribution is -2.17. The van der Waals surface area contributed by atoms with Gasteiger partial charge in [-0.1, -0.05) is 260 Å². The van der Waals surface area contributed by atoms with Gasteiger partial charge in [0.15, 0.2) is 0 Å². The number of aromatic nitrogens is 2. The average molecular weight is 1040 g/mol. The van der Waals surface area contributed by atoms with Crippen LogP contribution in [0.15, 0.2) is 115 Å². The van der Waals surface area contributed by atoms with Crippen LogP contribution >= 0.6 is 0 Å². The summed E-state index contributed by atoms with van der Waals surface area (Å²) in [5, 5.41) is 0. The second kappa shape index (κ2) is 20.2. The van der Waals surface area contributed by atoms with Crippen LogP contribution in [0.1, 0.15) is 237 Å². The Morgan fingerprint density at radius 1 is 0.167 bits per heavy atom. The van der Waals surface area contributed by atoms with Crippen molar-refractivity contribution in [1.29, 1.82) is 0 Å². The molecule has 0 amide bonds. The van der Waals surface area contributed by atoms with Crippen molar-refractivity contribution >= 4 is 0 Å². The second-order valence-electron chi connectivity index (χ2n) is 32.5. The fraction of sp³-hybridized carbons (Fsp3) is 0.474. The topological polar surface area (TPSA) is 25.8 Å². The molecule has 0 aliphatic heterocycles. The molecular weight excluding hydrogens is 941 g/mol. The third-order valence-electron chi connectivity index (χ3n) is 15.8. The van der Waals surface area contributed by atoms with Gasteiger partial charge in [-0.3, -0.25) is 0 Å². The zero-order valence-corrected chi connectivity index (χ0v) is 53.9. The van der Waals surface area contributed by atoms with Crippen LogP contribution in [-0.2, 0) is 48.7 Å². The summed E-state index contributed by atoms with van der Waals surface area (Å²) in [4.78, 5) is 11.2. The van der Waals surface area contributed by atoms with Crippen molar-refractivity contribution in [2.24, 2.45) is 0 Å². The Hall–Kier alpha value is -5.60. The van der Waals surface area contributed by atoms with E-state index in [-0.39, 0.29) is 48.7 Å². The van der Waals surface area contributed by atoms with Crippen LogP contribution in [0.3, 0.4) is 0 Å². The van der Waals surface area contributed by atoms with E-state index in [0.717, 1.165) is 28.3 Å². The average Bonchev–Trinajstić information content (AvgIpc) is 3.30. The zero-order chi connectivity index (χ0) is 58.5. The molecule has 0 fully saturated rings. The molecule has 2 nitrogen and oxygen atoms in total. The molecule has 0 aliphatic carbocycles. The molecule has 78 heavy (non-hydrogen) atoms. The van der Waals surface area contributed by atoms with Gasteiger partial charge < -0.3 is 0 Å². The van der Waals surface area contributed by atoms with Crippen molar-refractivity contribution in [3.8, 4) is 67.0 Å². The van der Waals surface area contributed by atoms with Crippen LogP contribution in [0.4, 0.5) is 0 Å². The Labute approximate surface area is 475 Å². The number of benzene rings is 6. The molecule has 6 aromatic carbocycles. The molecule has 0 spiro atoms. The van der Waals surface area contributed by atoms with E-state index in [1.54, 1.807) is 0 Å². The van der Waals surface area contributed by atoms with E-state index in [0.29, 0.717) is 0 Å². The van der Waals surface area contributed by atoms with Crippen molar-refractivity contribution in [2.75, 3.05) is 0 Å². The lowest BCUT2D eigenvalue weighted by atomic mass is 9.78. The summed E-state index contributed by atoms with van der Waals surface area (Å²) in [7, 11) is 0. The summed E-state index contributed by atoms with van der Waals surface area (Å²) in [6.07, 6.45) is 0. The zero-order valence-electron chi connectivity index (χ0n) is 53.9. The van der Waals surface area contributed by atoms with Crippen LogP contribution in [0.25, 0.3) is 67.0 Å². The molecule has 0 N–H and O–H groups in total. The highest BCUT2D eigenvalue weighted by atomic mass is 14.9. The second-order valence-corrected chi connectivity index (χ2v) is 32.5. The van der Waals surface area contributed by atoms with Gasteiger partial charge in [0.05, 0.1) is 11.4 Å². The third-order valence-corrected chi connectivity index (χ3v) is 15.8. The van der Waals surface area contributed by atoms with Crippen molar-refractivity contribution in [3.63, 3.8) is 0 Å². The minimum Gasteiger partial charge on any atom is -0.232 e. The summed E-state index contributed by atoms with van der Waals surface area (Å²) in [6, 6.07) is 45.9. The lowest BCUT2D eigenvalue weighted by molar-refractivity contribution is 0.547. The van der Waals surface area contributed by atoms with Gasteiger partial charge in [-0.05, 0) is 175 Å². The van der Waals surface area contributed by atoms with E-state index in [1.165, 1.54) is 89.0 Å². The van der Waals surface area contributed by atoms with E-state index in [1.807, 2.05) is 0 Å². The Balaban J connectivity index is 1.62. The molecule has 0 saturated carbocycles. The molecule has 2 heteroatoms. The third kappa shape index (κ3) is 13.9. The van der Waals surface area contributed by atoms with E-state index < -0.39 is 0 Å². The number of rotatable bonds is 6. The van der Waals surface area contributed by atoms with Crippen LogP contribution < -0.4 is 0 Å². The first-order valence-electron chi connectivity index (χ1n) is 29.1. The minimum atomic E-state index is -0.345. The van der Waals surface area contributed by atoms with Crippen LogP contribution in [-0.4, -0.2) is 9.97 Å². The molecule has 7 aromatic rings. The van der Waals surface area contributed by atoms with E-state index >= 15 is 0 Å². The molecule has 7 rings (SSSR count). The van der Waals surface area contributed by atoms with Gasteiger partial charge in [-0.2, -0.15) is 0 Å². The fourth-order valence-corrected chi connectivity index (χ4v) is 9.94. The summed E-state index contributed by atoms with van der Waals surface area (Å²) in [6.45, 7) is 62.7. The molecule has 0 radical (unpaired) electrons. The molecule has 0 atom stereocenters. The van der Waals surface area contributed by atoms with Gasteiger partial charge in [0.1, 0.15) is 5.82 Å². The normalized spacial score (nSPS) is 13.6. The van der Waals surface area contributed by atoms with Crippen molar-refractivity contribution in [3.05, 3.63) is 166 Å². The van der Waals surface area contributed by atoms with Crippen LogP contribution in [0.2, 0.25) is 0 Å². The van der Waals surface area contributed by atoms with Gasteiger partial charge in [0, 0.05) is 16.5 Å². The highest BCUT2D eigenvalue weighted by Crippen LogP contribution is 2.44. The first-order valence-corrected chi connectivity index (χ1v) is 29.1. The van der Waals surface area contributed by atoms with Crippen molar-refractivity contribution < 1.29 is 0 Å². The highest BCUT2D eigenvalue weighted by Gasteiger charge is 2.28. The van der Waals surface area contributed by atoms with Crippen molar-refractivity contribution in [1.82, 2.24) is 9.97 Å². The molecule has 0 bridgehead atoms. The van der Waals surface area contributed by atoms with Gasteiger partial charge in [-0.25, -0.2) is 9.97 Å². The highest BCUT2D eigenvalue weighted by molar-refractivity contribution is 5.85. The maximum atomic E-state index is 5.60. The summed E-state index contributed by atoms with van der Waals surface area (Å²) < 4.78 is 0. The smallest absolute Gasteiger partial charge is 0.135 e. The number of hydrogen-bond acceptors (Lipinski definition) is 2. The SMILES string of the molecule is CC(C)(C)c1cc(-c2cc(-c3cc(C(C)(C)C)cc(C(C)(C)C)c3)cc(-c3cc(-c4cc(-c5cc(C(C)(C)C)cc(C(C)(C)C)c5)cc(-c5cc(C(C)(C)C)cc(C(C)(C)C)c5)c4)nc(C(C)(C)C)n3)c2)cc(C(C)(C)C)c1. The van der Waals surface area contributed by atoms with Gasteiger partial charge in [0.2, 0.25) is 0 Å². The van der Waals surface area contributed by atoms with E-state index in [2.05, 4.69) is 302 Å². The quantitative estimate of drug-likeness (QED) is 0.166. The molecule has 0 unspecified atom stereocenters. The summed E-state index contributed by atoms with van der Waals surface area (Å²) in [5.74, 6) is 0.818. The number of nitrogens with zero attached hydrogens (tertiary/aromatic N) is 2. The first kappa shape index (κ1) is 60.0. The summed E-state index contributed by atoms with van der Waals surface area (Å²) in [5.41, 5.74) is 23.6. The Morgan fingerprint density at radius 2 is 0.321 bits per heavy atom.